The van der Waals surface area contributed by atoms with Crippen LogP contribution in [-0.2, 0) is 17.6 Å². The SMILES string of the molecule is CC(=O)N1CCc2nc(C)nc(NCC(C)Oc3cccnc3)c2CC1. The van der Waals surface area contributed by atoms with Crippen molar-refractivity contribution in [1.82, 2.24) is 19.9 Å². The topological polar surface area (TPSA) is 80.2 Å². The average Bonchev–Trinajstić information content (AvgIpc) is 2.83. The zero-order valence-corrected chi connectivity index (χ0v) is 15.5. The summed E-state index contributed by atoms with van der Waals surface area (Å²) in [5.74, 6) is 2.44. The van der Waals surface area contributed by atoms with Gasteiger partial charge >= 0.3 is 0 Å². The standard InChI is InChI=1S/C19H25N5O2/c1-13(26-16-5-4-8-20-12-16)11-21-19-17-6-9-24(15(3)25)10-7-18(17)22-14(2)23-19/h4-5,8,12-13H,6-7,9-11H2,1-3H3,(H,21,22,23). The lowest BCUT2D eigenvalue weighted by Crippen LogP contribution is -2.31. The summed E-state index contributed by atoms with van der Waals surface area (Å²) in [6.07, 6.45) is 4.90. The molecule has 0 saturated heterocycles. The molecule has 1 amide bonds. The first-order valence-corrected chi connectivity index (χ1v) is 8.95. The first-order valence-electron chi connectivity index (χ1n) is 8.95. The summed E-state index contributed by atoms with van der Waals surface area (Å²) >= 11 is 0. The number of carbonyl (C=O) groups excluding carboxylic acids is 1. The van der Waals surface area contributed by atoms with E-state index >= 15 is 0 Å². The van der Waals surface area contributed by atoms with E-state index in [1.165, 1.54) is 0 Å². The molecule has 2 aromatic heterocycles. The van der Waals surface area contributed by atoms with Gasteiger partial charge in [0, 0.05) is 38.2 Å². The molecule has 1 N–H and O–H groups in total. The number of hydrogen-bond donors (Lipinski definition) is 1. The largest absolute Gasteiger partial charge is 0.487 e. The smallest absolute Gasteiger partial charge is 0.219 e. The third-order valence-corrected chi connectivity index (χ3v) is 4.43. The number of nitrogens with one attached hydrogen (secondary N) is 1. The summed E-state index contributed by atoms with van der Waals surface area (Å²) in [4.78, 5) is 26.8. The summed E-state index contributed by atoms with van der Waals surface area (Å²) in [7, 11) is 0. The molecule has 0 bridgehead atoms. The van der Waals surface area contributed by atoms with Crippen LogP contribution in [0.2, 0.25) is 0 Å². The minimum Gasteiger partial charge on any atom is -0.487 e. The van der Waals surface area contributed by atoms with Crippen molar-refractivity contribution in [3.63, 3.8) is 0 Å². The fraction of sp³-hybridized carbons (Fsp3) is 0.474. The maximum absolute atomic E-state index is 11.7. The molecule has 0 aromatic carbocycles. The number of amides is 1. The number of anilines is 1. The van der Waals surface area contributed by atoms with Crippen molar-refractivity contribution >= 4 is 11.7 Å². The molecule has 1 aliphatic heterocycles. The van der Waals surface area contributed by atoms with E-state index < -0.39 is 0 Å². The lowest BCUT2D eigenvalue weighted by molar-refractivity contribution is -0.128. The van der Waals surface area contributed by atoms with E-state index in [0.717, 1.165) is 41.5 Å². The number of fused-ring (bicyclic) bond motifs is 1. The van der Waals surface area contributed by atoms with Crippen molar-refractivity contribution in [2.24, 2.45) is 0 Å². The van der Waals surface area contributed by atoms with Crippen LogP contribution in [0.25, 0.3) is 0 Å². The van der Waals surface area contributed by atoms with Gasteiger partial charge in [0.25, 0.3) is 0 Å². The Morgan fingerprint density at radius 2 is 2.15 bits per heavy atom. The van der Waals surface area contributed by atoms with Gasteiger partial charge in [0.1, 0.15) is 23.5 Å². The number of ether oxygens (including phenoxy) is 1. The summed E-state index contributed by atoms with van der Waals surface area (Å²) in [5, 5.41) is 3.41. The average molecular weight is 355 g/mol. The third kappa shape index (κ3) is 4.47. The molecule has 1 aliphatic rings. The second kappa shape index (κ2) is 8.12. The highest BCUT2D eigenvalue weighted by Gasteiger charge is 2.21. The van der Waals surface area contributed by atoms with Crippen molar-refractivity contribution in [1.29, 1.82) is 0 Å². The molecule has 7 heteroatoms. The number of rotatable bonds is 5. The molecule has 0 fully saturated rings. The Kier molecular flexibility index (Phi) is 5.65. The monoisotopic (exact) mass is 355 g/mol. The van der Waals surface area contributed by atoms with E-state index in [1.807, 2.05) is 30.9 Å². The predicted molar refractivity (Wildman–Crippen MR) is 99.2 cm³/mol. The van der Waals surface area contributed by atoms with E-state index in [-0.39, 0.29) is 12.0 Å². The molecule has 138 valence electrons. The number of pyridine rings is 1. The summed E-state index contributed by atoms with van der Waals surface area (Å²) in [6.45, 7) is 7.54. The molecule has 3 heterocycles. The molecule has 0 radical (unpaired) electrons. The second-order valence-electron chi connectivity index (χ2n) is 6.55. The molecular weight excluding hydrogens is 330 g/mol. The molecule has 1 atom stereocenters. The molecule has 0 saturated carbocycles. The number of nitrogens with zero attached hydrogens (tertiary/aromatic N) is 4. The number of aryl methyl sites for hydroxylation is 1. The minimum atomic E-state index is -0.0374. The van der Waals surface area contributed by atoms with E-state index in [0.29, 0.717) is 19.6 Å². The quantitative estimate of drug-likeness (QED) is 0.884. The highest BCUT2D eigenvalue weighted by Crippen LogP contribution is 2.22. The van der Waals surface area contributed by atoms with Crippen LogP contribution in [0.5, 0.6) is 5.75 Å². The highest BCUT2D eigenvalue weighted by molar-refractivity contribution is 5.73. The first kappa shape index (κ1) is 18.1. The van der Waals surface area contributed by atoms with Gasteiger partial charge in [0.2, 0.25) is 5.91 Å². The Hall–Kier alpha value is -2.70. The Morgan fingerprint density at radius 3 is 2.88 bits per heavy atom. The second-order valence-corrected chi connectivity index (χ2v) is 6.55. The van der Waals surface area contributed by atoms with Crippen LogP contribution in [-0.4, -0.2) is 51.5 Å². The van der Waals surface area contributed by atoms with Gasteiger partial charge in [-0.2, -0.15) is 0 Å². The van der Waals surface area contributed by atoms with Crippen LogP contribution >= 0.6 is 0 Å². The Labute approximate surface area is 153 Å². The zero-order chi connectivity index (χ0) is 18.5. The van der Waals surface area contributed by atoms with Gasteiger partial charge in [-0.15, -0.1) is 0 Å². The van der Waals surface area contributed by atoms with Crippen molar-refractivity contribution < 1.29 is 9.53 Å². The van der Waals surface area contributed by atoms with Crippen molar-refractivity contribution in [2.75, 3.05) is 25.0 Å². The normalized spacial score (nSPS) is 15.0. The highest BCUT2D eigenvalue weighted by atomic mass is 16.5. The van der Waals surface area contributed by atoms with Crippen LogP contribution in [0.15, 0.2) is 24.5 Å². The van der Waals surface area contributed by atoms with Gasteiger partial charge in [-0.3, -0.25) is 9.78 Å². The van der Waals surface area contributed by atoms with Crippen molar-refractivity contribution in [2.45, 2.75) is 39.7 Å². The Morgan fingerprint density at radius 1 is 1.35 bits per heavy atom. The van der Waals surface area contributed by atoms with Crippen LogP contribution in [0.1, 0.15) is 30.9 Å². The number of aromatic nitrogens is 3. The summed E-state index contributed by atoms with van der Waals surface area (Å²) in [6, 6.07) is 3.74. The molecular formula is C19H25N5O2. The molecule has 2 aromatic rings. The van der Waals surface area contributed by atoms with Gasteiger partial charge in [0.05, 0.1) is 18.4 Å². The molecule has 3 rings (SSSR count). The van der Waals surface area contributed by atoms with E-state index in [2.05, 4.69) is 20.3 Å². The fourth-order valence-corrected chi connectivity index (χ4v) is 3.11. The maximum Gasteiger partial charge on any atom is 0.219 e. The van der Waals surface area contributed by atoms with Crippen molar-refractivity contribution in [3.8, 4) is 5.75 Å². The zero-order valence-electron chi connectivity index (χ0n) is 15.5. The van der Waals surface area contributed by atoms with Crippen LogP contribution in [0.3, 0.4) is 0 Å². The van der Waals surface area contributed by atoms with Crippen LogP contribution < -0.4 is 10.1 Å². The Balaban J connectivity index is 1.69. The lowest BCUT2D eigenvalue weighted by atomic mass is 10.1. The summed E-state index contributed by atoms with van der Waals surface area (Å²) in [5.41, 5.74) is 2.14. The third-order valence-electron chi connectivity index (χ3n) is 4.43. The van der Waals surface area contributed by atoms with Gasteiger partial charge in [-0.05, 0) is 32.4 Å². The maximum atomic E-state index is 11.7. The fourth-order valence-electron chi connectivity index (χ4n) is 3.11. The molecule has 26 heavy (non-hydrogen) atoms. The molecule has 1 unspecified atom stereocenters. The minimum absolute atomic E-state index is 0.0374. The molecule has 0 spiro atoms. The number of hydrogen-bond acceptors (Lipinski definition) is 6. The Bertz CT molecular complexity index is 766. The van der Waals surface area contributed by atoms with Gasteiger partial charge in [0.15, 0.2) is 0 Å². The van der Waals surface area contributed by atoms with E-state index in [9.17, 15) is 4.79 Å². The lowest BCUT2D eigenvalue weighted by Gasteiger charge is -2.18. The van der Waals surface area contributed by atoms with E-state index in [1.54, 1.807) is 19.3 Å². The number of carbonyl (C=O) groups is 1. The van der Waals surface area contributed by atoms with Gasteiger partial charge < -0.3 is 15.0 Å². The van der Waals surface area contributed by atoms with Gasteiger partial charge in [-0.1, -0.05) is 0 Å². The first-order chi connectivity index (χ1) is 12.5. The van der Waals surface area contributed by atoms with Crippen LogP contribution in [0, 0.1) is 6.92 Å². The van der Waals surface area contributed by atoms with E-state index in [4.69, 9.17) is 4.74 Å². The molecule has 7 nitrogen and oxygen atoms in total. The van der Waals surface area contributed by atoms with Crippen molar-refractivity contribution in [3.05, 3.63) is 41.6 Å². The van der Waals surface area contributed by atoms with Crippen LogP contribution in [0.4, 0.5) is 5.82 Å². The summed E-state index contributed by atoms with van der Waals surface area (Å²) < 4.78 is 5.86. The molecule has 0 aliphatic carbocycles. The predicted octanol–water partition coefficient (Wildman–Crippen LogP) is 2.01. The van der Waals surface area contributed by atoms with Gasteiger partial charge in [-0.25, -0.2) is 9.97 Å².